The summed E-state index contributed by atoms with van der Waals surface area (Å²) in [4.78, 5) is 24.0. The Hall–Kier alpha value is -2.64. The molecule has 0 aliphatic carbocycles. The van der Waals surface area contributed by atoms with Gasteiger partial charge in [0.1, 0.15) is 0 Å². The zero-order chi connectivity index (χ0) is 15.7. The maximum atomic E-state index is 12.3. The van der Waals surface area contributed by atoms with Crippen molar-refractivity contribution in [2.45, 2.75) is 13.8 Å². The highest BCUT2D eigenvalue weighted by molar-refractivity contribution is 6.08. The van der Waals surface area contributed by atoms with Gasteiger partial charge < -0.3 is 10.1 Å². The number of hydrogen-bond donors (Lipinski definition) is 1. The normalized spacial score (nSPS) is 10.5. The second-order valence-electron chi connectivity index (χ2n) is 4.68. The van der Waals surface area contributed by atoms with Crippen LogP contribution in [0.25, 0.3) is 0 Å². The molecule has 0 radical (unpaired) electrons. The third kappa shape index (κ3) is 2.64. The van der Waals surface area contributed by atoms with Gasteiger partial charge in [-0.25, -0.2) is 4.79 Å². The van der Waals surface area contributed by atoms with Crippen molar-refractivity contribution in [1.29, 1.82) is 0 Å². The minimum Gasteiger partial charge on any atom is -0.464 e. The average molecular weight is 291 g/mol. The number of esters is 1. The maximum Gasteiger partial charge on any atom is 0.360 e. The van der Waals surface area contributed by atoms with Crippen LogP contribution in [0.4, 0.5) is 5.69 Å². The lowest BCUT2D eigenvalue weighted by Crippen LogP contribution is -2.15. The Morgan fingerprint density at radius 3 is 2.43 bits per heavy atom. The maximum absolute atomic E-state index is 12.3. The van der Waals surface area contributed by atoms with Crippen LogP contribution in [0.15, 0.2) is 6.20 Å². The summed E-state index contributed by atoms with van der Waals surface area (Å²) >= 11 is 0. The summed E-state index contributed by atoms with van der Waals surface area (Å²) in [6.07, 6.45) is 1.62. The highest BCUT2D eigenvalue weighted by Gasteiger charge is 2.23. The van der Waals surface area contributed by atoms with Gasteiger partial charge in [-0.15, -0.1) is 0 Å². The molecule has 2 heterocycles. The molecule has 2 rings (SSSR count). The SMILES string of the molecule is COC(=O)c1nn(C)c(C)c1NC(=O)c1cn(C)nc1C. The summed E-state index contributed by atoms with van der Waals surface area (Å²) in [5.74, 6) is -0.946. The number of nitrogens with zero attached hydrogens (tertiary/aromatic N) is 4. The van der Waals surface area contributed by atoms with E-state index in [9.17, 15) is 9.59 Å². The molecule has 0 fully saturated rings. The molecule has 1 amide bonds. The molecule has 0 atom stereocenters. The van der Waals surface area contributed by atoms with E-state index in [0.29, 0.717) is 22.6 Å². The molecule has 0 bridgehead atoms. The minimum atomic E-state index is -0.600. The molecule has 8 nitrogen and oxygen atoms in total. The summed E-state index contributed by atoms with van der Waals surface area (Å²) in [5.41, 5.74) is 2.13. The molecular formula is C13H17N5O3. The monoisotopic (exact) mass is 291 g/mol. The second kappa shape index (κ2) is 5.39. The lowest BCUT2D eigenvalue weighted by atomic mass is 10.2. The van der Waals surface area contributed by atoms with Crippen LogP contribution in [0, 0.1) is 13.8 Å². The predicted molar refractivity (Wildman–Crippen MR) is 75.2 cm³/mol. The number of carbonyl (C=O) groups excluding carboxylic acids is 2. The first-order valence-electron chi connectivity index (χ1n) is 6.28. The Morgan fingerprint density at radius 1 is 1.24 bits per heavy atom. The van der Waals surface area contributed by atoms with Crippen LogP contribution in [0.3, 0.4) is 0 Å². The standard InChI is InChI=1S/C13H17N5O3/c1-7-9(6-17(3)15-7)12(19)14-10-8(2)18(4)16-11(10)13(20)21-5/h6H,1-5H3,(H,14,19). The van der Waals surface area contributed by atoms with E-state index < -0.39 is 5.97 Å². The number of methoxy groups -OCH3 is 1. The largest absolute Gasteiger partial charge is 0.464 e. The van der Waals surface area contributed by atoms with Crippen molar-refractivity contribution in [2.24, 2.45) is 14.1 Å². The highest BCUT2D eigenvalue weighted by atomic mass is 16.5. The molecule has 0 aliphatic rings. The Kier molecular flexibility index (Phi) is 3.79. The van der Waals surface area contributed by atoms with E-state index in [1.807, 2.05) is 0 Å². The lowest BCUT2D eigenvalue weighted by molar-refractivity contribution is 0.0594. The van der Waals surface area contributed by atoms with Crippen LogP contribution in [-0.4, -0.2) is 38.5 Å². The van der Waals surface area contributed by atoms with Crippen molar-refractivity contribution >= 4 is 17.6 Å². The van der Waals surface area contributed by atoms with E-state index in [-0.39, 0.29) is 11.6 Å². The first kappa shape index (κ1) is 14.8. The molecule has 0 saturated heterocycles. The van der Waals surface area contributed by atoms with Crippen LogP contribution in [0.5, 0.6) is 0 Å². The molecule has 2 aromatic rings. The summed E-state index contributed by atoms with van der Waals surface area (Å²) in [6, 6.07) is 0. The zero-order valence-corrected chi connectivity index (χ0v) is 12.6. The number of aryl methyl sites for hydroxylation is 3. The van der Waals surface area contributed by atoms with Gasteiger partial charge in [-0.1, -0.05) is 0 Å². The lowest BCUT2D eigenvalue weighted by Gasteiger charge is -2.05. The molecule has 1 N–H and O–H groups in total. The van der Waals surface area contributed by atoms with Crippen LogP contribution in [0.2, 0.25) is 0 Å². The van der Waals surface area contributed by atoms with E-state index in [1.54, 1.807) is 38.8 Å². The molecule has 0 aromatic carbocycles. The molecular weight excluding hydrogens is 274 g/mol. The Labute approximate surface area is 121 Å². The molecule has 2 aromatic heterocycles. The van der Waals surface area contributed by atoms with Crippen molar-refractivity contribution < 1.29 is 14.3 Å². The van der Waals surface area contributed by atoms with E-state index >= 15 is 0 Å². The summed E-state index contributed by atoms with van der Waals surface area (Å²) in [7, 11) is 4.69. The molecule has 0 spiro atoms. The minimum absolute atomic E-state index is 0.0763. The van der Waals surface area contributed by atoms with Gasteiger partial charge in [-0.05, 0) is 13.8 Å². The van der Waals surface area contributed by atoms with Crippen LogP contribution >= 0.6 is 0 Å². The number of hydrogen-bond acceptors (Lipinski definition) is 5. The summed E-state index contributed by atoms with van der Waals surface area (Å²) in [5, 5.41) is 10.9. The van der Waals surface area contributed by atoms with E-state index in [1.165, 1.54) is 11.8 Å². The van der Waals surface area contributed by atoms with Gasteiger partial charge in [0.05, 0.1) is 29.7 Å². The average Bonchev–Trinajstić information content (AvgIpc) is 2.91. The van der Waals surface area contributed by atoms with Crippen molar-refractivity contribution in [3.8, 4) is 0 Å². The molecule has 8 heteroatoms. The van der Waals surface area contributed by atoms with Gasteiger partial charge in [-0.2, -0.15) is 10.2 Å². The number of ether oxygens (including phenoxy) is 1. The van der Waals surface area contributed by atoms with Gasteiger partial charge in [0.25, 0.3) is 5.91 Å². The Bertz CT molecular complexity index is 714. The van der Waals surface area contributed by atoms with E-state index in [2.05, 4.69) is 20.3 Å². The fraction of sp³-hybridized carbons (Fsp3) is 0.385. The third-order valence-corrected chi connectivity index (χ3v) is 3.21. The van der Waals surface area contributed by atoms with Crippen molar-refractivity contribution in [3.63, 3.8) is 0 Å². The highest BCUT2D eigenvalue weighted by Crippen LogP contribution is 2.21. The first-order chi connectivity index (χ1) is 9.85. The van der Waals surface area contributed by atoms with Gasteiger partial charge in [0.15, 0.2) is 5.69 Å². The Balaban J connectivity index is 2.37. The van der Waals surface area contributed by atoms with Crippen LogP contribution < -0.4 is 5.32 Å². The van der Waals surface area contributed by atoms with Crippen LogP contribution in [0.1, 0.15) is 32.2 Å². The van der Waals surface area contributed by atoms with Gasteiger partial charge in [0.2, 0.25) is 0 Å². The zero-order valence-electron chi connectivity index (χ0n) is 12.6. The van der Waals surface area contributed by atoms with Crippen molar-refractivity contribution in [1.82, 2.24) is 19.6 Å². The fourth-order valence-electron chi connectivity index (χ4n) is 2.00. The number of amides is 1. The van der Waals surface area contributed by atoms with Gasteiger partial charge >= 0.3 is 5.97 Å². The first-order valence-corrected chi connectivity index (χ1v) is 6.28. The van der Waals surface area contributed by atoms with E-state index in [4.69, 9.17) is 0 Å². The number of aromatic nitrogens is 4. The molecule has 21 heavy (non-hydrogen) atoms. The molecule has 112 valence electrons. The van der Waals surface area contributed by atoms with Crippen LogP contribution in [-0.2, 0) is 18.8 Å². The third-order valence-electron chi connectivity index (χ3n) is 3.21. The molecule has 0 unspecified atom stereocenters. The van der Waals surface area contributed by atoms with Crippen molar-refractivity contribution in [2.75, 3.05) is 12.4 Å². The van der Waals surface area contributed by atoms with Crippen molar-refractivity contribution in [3.05, 3.63) is 28.8 Å². The quantitative estimate of drug-likeness (QED) is 0.845. The summed E-state index contributed by atoms with van der Waals surface area (Å²) < 4.78 is 7.75. The van der Waals surface area contributed by atoms with Gasteiger partial charge in [-0.3, -0.25) is 14.2 Å². The smallest absolute Gasteiger partial charge is 0.360 e. The number of anilines is 1. The number of rotatable bonds is 3. The number of carbonyl (C=O) groups is 2. The second-order valence-corrected chi connectivity index (χ2v) is 4.68. The van der Waals surface area contributed by atoms with Gasteiger partial charge in [0, 0.05) is 20.3 Å². The molecule has 0 saturated carbocycles. The van der Waals surface area contributed by atoms with E-state index in [0.717, 1.165) is 0 Å². The fourth-order valence-corrected chi connectivity index (χ4v) is 2.00. The summed E-state index contributed by atoms with van der Waals surface area (Å²) in [6.45, 7) is 3.50. The predicted octanol–water partition coefficient (Wildman–Crippen LogP) is 0.809. The number of nitrogens with one attached hydrogen (secondary N) is 1. The Morgan fingerprint density at radius 2 is 1.90 bits per heavy atom. The topological polar surface area (TPSA) is 91.0 Å². The molecule has 0 aliphatic heterocycles.